The van der Waals surface area contributed by atoms with Crippen LogP contribution in [-0.2, 0) is 11.3 Å². The van der Waals surface area contributed by atoms with Crippen molar-refractivity contribution in [1.82, 2.24) is 24.1 Å². The molecule has 2 aromatic heterocycles. The Morgan fingerprint density at radius 2 is 2.07 bits per heavy atom. The van der Waals surface area contributed by atoms with E-state index in [1.165, 1.54) is 34.9 Å². The molecule has 0 spiro atoms. The summed E-state index contributed by atoms with van der Waals surface area (Å²) < 4.78 is 19.6. The van der Waals surface area contributed by atoms with E-state index in [1.807, 2.05) is 0 Å². The first-order valence-electron chi connectivity index (χ1n) is 9.73. The number of anilines is 1. The number of carbonyl (C=O) groups is 2. The number of benzene rings is 1. The Morgan fingerprint density at radius 1 is 1.30 bits per heavy atom. The number of nitrogens with one attached hydrogen (secondary N) is 1. The number of rotatable bonds is 5. The molecule has 1 N–H and O–H groups in total. The molecule has 2 amide bonds. The van der Waals surface area contributed by atoms with Crippen molar-refractivity contribution in [2.75, 3.05) is 32.1 Å². The highest BCUT2D eigenvalue weighted by molar-refractivity contribution is 7.11. The smallest absolute Gasteiger partial charge is 0.271 e. The SMILES string of the molecule is CN(C)C(=O)Cn1cnc(C(=O)NC2CCN(c3snc4ccc(F)cc34)CC2)c1. The minimum Gasteiger partial charge on any atom is -0.362 e. The first kappa shape index (κ1) is 20.3. The zero-order valence-corrected chi connectivity index (χ0v) is 17.7. The number of halogens is 1. The maximum Gasteiger partial charge on any atom is 0.271 e. The van der Waals surface area contributed by atoms with E-state index >= 15 is 0 Å². The number of aromatic nitrogens is 3. The van der Waals surface area contributed by atoms with Gasteiger partial charge in [-0.1, -0.05) is 0 Å². The molecule has 3 heterocycles. The summed E-state index contributed by atoms with van der Waals surface area (Å²) in [7, 11) is 3.37. The fourth-order valence-corrected chi connectivity index (χ4v) is 4.38. The van der Waals surface area contributed by atoms with Crippen LogP contribution in [-0.4, -0.2) is 63.9 Å². The van der Waals surface area contributed by atoms with E-state index in [2.05, 4.69) is 19.6 Å². The quantitative estimate of drug-likeness (QED) is 0.670. The molecule has 0 radical (unpaired) electrons. The van der Waals surface area contributed by atoms with Crippen molar-refractivity contribution in [3.8, 4) is 0 Å². The summed E-state index contributed by atoms with van der Waals surface area (Å²) in [6, 6.07) is 4.69. The van der Waals surface area contributed by atoms with Crippen molar-refractivity contribution >= 4 is 39.3 Å². The molecule has 0 atom stereocenters. The fourth-order valence-electron chi connectivity index (χ4n) is 3.48. The third-order valence-corrected chi connectivity index (χ3v) is 6.16. The predicted molar refractivity (Wildman–Crippen MR) is 113 cm³/mol. The van der Waals surface area contributed by atoms with Crippen molar-refractivity contribution in [1.29, 1.82) is 0 Å². The highest BCUT2D eigenvalue weighted by Gasteiger charge is 2.24. The van der Waals surface area contributed by atoms with Crippen molar-refractivity contribution in [2.45, 2.75) is 25.4 Å². The van der Waals surface area contributed by atoms with Crippen LogP contribution in [0.4, 0.5) is 9.39 Å². The summed E-state index contributed by atoms with van der Waals surface area (Å²) in [5.74, 6) is -0.574. The van der Waals surface area contributed by atoms with E-state index in [0.29, 0.717) is 5.69 Å². The molecule has 1 aromatic carbocycles. The van der Waals surface area contributed by atoms with Crippen LogP contribution in [0.15, 0.2) is 30.7 Å². The molecule has 3 aromatic rings. The van der Waals surface area contributed by atoms with E-state index in [-0.39, 0.29) is 30.2 Å². The van der Waals surface area contributed by atoms with E-state index < -0.39 is 0 Å². The number of likely N-dealkylation sites (N-methyl/N-ethyl adjacent to an activating group) is 1. The molecule has 0 saturated carbocycles. The van der Waals surface area contributed by atoms with Gasteiger partial charge in [0.15, 0.2) is 0 Å². The molecule has 1 fully saturated rings. The fraction of sp³-hybridized carbons (Fsp3) is 0.400. The molecule has 8 nitrogen and oxygen atoms in total. The summed E-state index contributed by atoms with van der Waals surface area (Å²) in [4.78, 5) is 32.1. The number of carbonyl (C=O) groups excluding carboxylic acids is 2. The van der Waals surface area contributed by atoms with Crippen LogP contribution in [0.5, 0.6) is 0 Å². The van der Waals surface area contributed by atoms with Crippen molar-refractivity contribution in [3.05, 3.63) is 42.2 Å². The van der Waals surface area contributed by atoms with Gasteiger partial charge in [0, 0.05) is 44.8 Å². The lowest BCUT2D eigenvalue weighted by Gasteiger charge is -2.32. The lowest BCUT2D eigenvalue weighted by molar-refractivity contribution is -0.129. The van der Waals surface area contributed by atoms with E-state index in [4.69, 9.17) is 0 Å². The first-order valence-corrected chi connectivity index (χ1v) is 10.5. The van der Waals surface area contributed by atoms with Gasteiger partial charge in [-0.05, 0) is 42.6 Å². The van der Waals surface area contributed by atoms with Crippen LogP contribution in [0.25, 0.3) is 10.9 Å². The molecule has 158 valence electrons. The molecule has 4 rings (SSSR count). The number of amides is 2. The molecule has 10 heteroatoms. The highest BCUT2D eigenvalue weighted by Crippen LogP contribution is 2.33. The highest BCUT2D eigenvalue weighted by atomic mass is 32.1. The van der Waals surface area contributed by atoms with Gasteiger partial charge in [-0.25, -0.2) is 9.37 Å². The number of hydrogen-bond acceptors (Lipinski definition) is 6. The maximum atomic E-state index is 13.6. The van der Waals surface area contributed by atoms with Gasteiger partial charge in [0.05, 0.1) is 11.8 Å². The van der Waals surface area contributed by atoms with E-state index in [0.717, 1.165) is 41.8 Å². The van der Waals surface area contributed by atoms with Gasteiger partial charge in [0.2, 0.25) is 5.91 Å². The lowest BCUT2D eigenvalue weighted by Crippen LogP contribution is -2.44. The molecule has 0 unspecified atom stereocenters. The number of imidazole rings is 1. The summed E-state index contributed by atoms with van der Waals surface area (Å²) in [5, 5.41) is 4.83. The Balaban J connectivity index is 1.33. The van der Waals surface area contributed by atoms with Gasteiger partial charge in [0.25, 0.3) is 5.91 Å². The summed E-state index contributed by atoms with van der Waals surface area (Å²) in [6.45, 7) is 1.66. The number of hydrogen-bond donors (Lipinski definition) is 1. The Morgan fingerprint density at radius 3 is 2.80 bits per heavy atom. The van der Waals surface area contributed by atoms with Gasteiger partial charge in [-0.3, -0.25) is 9.59 Å². The van der Waals surface area contributed by atoms with Gasteiger partial charge >= 0.3 is 0 Å². The zero-order chi connectivity index (χ0) is 21.3. The third-order valence-electron chi connectivity index (χ3n) is 5.22. The van der Waals surface area contributed by atoms with E-state index in [9.17, 15) is 14.0 Å². The van der Waals surface area contributed by atoms with Crippen LogP contribution in [0.3, 0.4) is 0 Å². The second-order valence-electron chi connectivity index (χ2n) is 7.60. The maximum absolute atomic E-state index is 13.6. The van der Waals surface area contributed by atoms with Gasteiger partial charge in [-0.15, -0.1) is 0 Å². The second kappa shape index (κ2) is 8.39. The topological polar surface area (TPSA) is 83.4 Å². The number of fused-ring (bicyclic) bond motifs is 1. The lowest BCUT2D eigenvalue weighted by atomic mass is 10.0. The van der Waals surface area contributed by atoms with Crippen LogP contribution in [0.1, 0.15) is 23.3 Å². The van der Waals surface area contributed by atoms with Crippen molar-refractivity contribution in [2.24, 2.45) is 0 Å². The van der Waals surface area contributed by atoms with Crippen molar-refractivity contribution < 1.29 is 14.0 Å². The van der Waals surface area contributed by atoms with Crippen molar-refractivity contribution in [3.63, 3.8) is 0 Å². The van der Waals surface area contributed by atoms with E-state index in [1.54, 1.807) is 30.9 Å². The third kappa shape index (κ3) is 4.28. The molecule has 0 aliphatic carbocycles. The van der Waals surface area contributed by atoms with Crippen LogP contribution < -0.4 is 10.2 Å². The van der Waals surface area contributed by atoms with Crippen LogP contribution >= 0.6 is 11.5 Å². The number of piperidine rings is 1. The first-order chi connectivity index (χ1) is 14.4. The second-order valence-corrected chi connectivity index (χ2v) is 8.36. The molecule has 0 bridgehead atoms. The largest absolute Gasteiger partial charge is 0.362 e. The Labute approximate surface area is 177 Å². The predicted octanol–water partition coefficient (Wildman–Crippen LogP) is 2.12. The summed E-state index contributed by atoms with van der Waals surface area (Å²) in [6.07, 6.45) is 4.64. The molecule has 1 saturated heterocycles. The minimum absolute atomic E-state index is 0.0400. The van der Waals surface area contributed by atoms with Crippen LogP contribution in [0, 0.1) is 5.82 Å². The molecular formula is C20H23FN6O2S. The number of nitrogens with zero attached hydrogens (tertiary/aromatic N) is 5. The Hall–Kier alpha value is -3.01. The average molecular weight is 431 g/mol. The average Bonchev–Trinajstić information content (AvgIpc) is 3.35. The summed E-state index contributed by atoms with van der Waals surface area (Å²) >= 11 is 1.38. The standard InChI is InChI=1S/C20H23FN6O2S/c1-25(2)18(28)11-26-10-17(22-12-26)19(29)23-14-5-7-27(8-6-14)20-15-9-13(21)3-4-16(15)24-30-20/h3-4,9-10,12,14H,5-8,11H2,1-2H3,(H,23,29). The normalized spacial score (nSPS) is 14.8. The summed E-state index contributed by atoms with van der Waals surface area (Å²) in [5.41, 5.74) is 1.10. The molecule has 1 aliphatic heterocycles. The minimum atomic E-state index is -0.266. The Bertz CT molecular complexity index is 1070. The van der Waals surface area contributed by atoms with Gasteiger partial charge < -0.3 is 19.7 Å². The monoisotopic (exact) mass is 430 g/mol. The molecule has 30 heavy (non-hydrogen) atoms. The zero-order valence-electron chi connectivity index (χ0n) is 16.8. The van der Waals surface area contributed by atoms with Gasteiger partial charge in [-0.2, -0.15) is 4.37 Å². The molecular weight excluding hydrogens is 407 g/mol. The Kier molecular flexibility index (Phi) is 5.67. The molecule has 1 aliphatic rings. The van der Waals surface area contributed by atoms with Gasteiger partial charge in [0.1, 0.15) is 23.1 Å². The van der Waals surface area contributed by atoms with Crippen LogP contribution in [0.2, 0.25) is 0 Å².